The summed E-state index contributed by atoms with van der Waals surface area (Å²) < 4.78 is 6.39. The Labute approximate surface area is 353 Å². The average Bonchev–Trinajstić information content (AvgIpc) is 3.71. The highest BCUT2D eigenvalue weighted by Crippen LogP contribution is 2.46. The van der Waals surface area contributed by atoms with Crippen LogP contribution in [0.4, 0.5) is 34.1 Å². The largest absolute Gasteiger partial charge is 0.456 e. The lowest BCUT2D eigenvalue weighted by atomic mass is 9.90. The molecular weight excluding hydrogens is 741 g/mol. The summed E-state index contributed by atoms with van der Waals surface area (Å²) in [5, 5.41) is 12.1. The third kappa shape index (κ3) is 5.82. The summed E-state index contributed by atoms with van der Waals surface area (Å²) in [5.74, 6) is 0. The minimum Gasteiger partial charge on any atom is -0.456 e. The molecule has 0 fully saturated rings. The summed E-state index contributed by atoms with van der Waals surface area (Å²) in [5.41, 5.74) is 10.7. The van der Waals surface area contributed by atoms with Crippen molar-refractivity contribution in [2.24, 2.45) is 0 Å². The first kappa shape index (κ1) is 34.9. The topological polar surface area (TPSA) is 19.6 Å². The molecule has 0 N–H and O–H groups in total. The Kier molecular flexibility index (Phi) is 8.17. The van der Waals surface area contributed by atoms with E-state index in [0.29, 0.717) is 0 Å². The van der Waals surface area contributed by atoms with E-state index in [1.807, 2.05) is 12.1 Å². The highest BCUT2D eigenvalue weighted by molar-refractivity contribution is 6.32. The third-order valence-corrected chi connectivity index (χ3v) is 12.2. The molecule has 0 amide bonds. The zero-order valence-corrected chi connectivity index (χ0v) is 33.2. The quantitative estimate of drug-likeness (QED) is 0.150. The molecule has 0 saturated carbocycles. The zero-order valence-electron chi connectivity index (χ0n) is 33.2. The Balaban J connectivity index is 1.03. The lowest BCUT2D eigenvalue weighted by Gasteiger charge is -2.28. The molecule has 0 aliphatic carbocycles. The SMILES string of the molecule is c1ccc(-c2ccccc2N(c2ccccc2)c2ccc3c(ccc4c5ccc(N(c6ccccc6)c6ccc7c(c6)oc6ccccc67)cc5c5ccccc5c34)c2)cc1. The van der Waals surface area contributed by atoms with Crippen molar-refractivity contribution in [2.75, 3.05) is 9.80 Å². The second-order valence-electron chi connectivity index (χ2n) is 15.7. The van der Waals surface area contributed by atoms with Crippen LogP contribution in [-0.2, 0) is 0 Å². The Morgan fingerprint density at radius 1 is 0.279 bits per heavy atom. The second-order valence-corrected chi connectivity index (χ2v) is 15.7. The van der Waals surface area contributed by atoms with E-state index in [2.05, 4.69) is 228 Å². The molecule has 0 radical (unpaired) electrons. The number of rotatable bonds is 7. The molecule has 1 aromatic heterocycles. The first-order chi connectivity index (χ1) is 30.3. The number of para-hydroxylation sites is 4. The minimum atomic E-state index is 0.874. The molecule has 0 saturated heterocycles. The molecule has 61 heavy (non-hydrogen) atoms. The van der Waals surface area contributed by atoms with E-state index >= 15 is 0 Å². The molecule has 12 rings (SSSR count). The van der Waals surface area contributed by atoms with Gasteiger partial charge in [-0.3, -0.25) is 0 Å². The number of fused-ring (bicyclic) bond motifs is 11. The molecule has 12 aromatic rings. The molecule has 3 heteroatoms. The summed E-state index contributed by atoms with van der Waals surface area (Å²) in [7, 11) is 0. The molecule has 0 aliphatic heterocycles. The molecule has 0 unspecified atom stereocenters. The van der Waals surface area contributed by atoms with Crippen LogP contribution >= 0.6 is 0 Å². The predicted octanol–water partition coefficient (Wildman–Crippen LogP) is 16.8. The van der Waals surface area contributed by atoms with E-state index in [4.69, 9.17) is 4.42 Å². The predicted molar refractivity (Wildman–Crippen MR) is 259 cm³/mol. The lowest BCUT2D eigenvalue weighted by Crippen LogP contribution is -2.11. The van der Waals surface area contributed by atoms with Gasteiger partial charge in [-0.25, -0.2) is 0 Å². The number of furan rings is 1. The standard InChI is InChI=1S/C58H38N2O/c1-4-16-39(17-5-1)46-22-12-14-26-55(46)60(42-20-8-3-9-21-42)43-29-33-47-40(36-43)28-32-53-49-34-30-44(37-54(49)48-23-10-11-25-52(48)58(47)53)59(41-18-6-2-7-19-41)45-31-35-51-50-24-13-15-27-56(50)61-57(51)38-45/h1-38H. The van der Waals surface area contributed by atoms with Gasteiger partial charge in [0.15, 0.2) is 0 Å². The molecule has 0 spiro atoms. The summed E-state index contributed by atoms with van der Waals surface area (Å²) >= 11 is 0. The maximum Gasteiger partial charge on any atom is 0.137 e. The van der Waals surface area contributed by atoms with Gasteiger partial charge in [-0.1, -0.05) is 152 Å². The first-order valence-electron chi connectivity index (χ1n) is 20.8. The van der Waals surface area contributed by atoms with E-state index in [1.54, 1.807) is 0 Å². The van der Waals surface area contributed by atoms with Crippen molar-refractivity contribution < 1.29 is 4.42 Å². The van der Waals surface area contributed by atoms with Crippen molar-refractivity contribution >= 4 is 99.2 Å². The van der Waals surface area contributed by atoms with Crippen LogP contribution in [0, 0.1) is 0 Å². The van der Waals surface area contributed by atoms with Crippen LogP contribution in [0.5, 0.6) is 0 Å². The number of benzene rings is 11. The molecule has 3 nitrogen and oxygen atoms in total. The van der Waals surface area contributed by atoms with Gasteiger partial charge in [-0.2, -0.15) is 0 Å². The molecule has 0 bridgehead atoms. The molecule has 0 atom stereocenters. The Bertz CT molecular complexity index is 3580. The van der Waals surface area contributed by atoms with Crippen molar-refractivity contribution in [3.05, 3.63) is 231 Å². The maximum atomic E-state index is 6.39. The molecule has 11 aromatic carbocycles. The van der Waals surface area contributed by atoms with Crippen molar-refractivity contribution in [3.8, 4) is 11.1 Å². The fourth-order valence-corrected chi connectivity index (χ4v) is 9.45. The molecule has 286 valence electrons. The third-order valence-electron chi connectivity index (χ3n) is 12.2. The highest BCUT2D eigenvalue weighted by Gasteiger charge is 2.20. The summed E-state index contributed by atoms with van der Waals surface area (Å²) in [6, 6.07) is 82.9. The number of anilines is 6. The van der Waals surface area contributed by atoms with Crippen molar-refractivity contribution in [3.63, 3.8) is 0 Å². The minimum absolute atomic E-state index is 0.874. The van der Waals surface area contributed by atoms with E-state index in [0.717, 1.165) is 56.1 Å². The maximum absolute atomic E-state index is 6.39. The summed E-state index contributed by atoms with van der Waals surface area (Å²) in [4.78, 5) is 4.72. The lowest BCUT2D eigenvalue weighted by molar-refractivity contribution is 0.669. The molecule has 0 aliphatic rings. The first-order valence-corrected chi connectivity index (χ1v) is 20.8. The van der Waals surface area contributed by atoms with Gasteiger partial charge in [0.1, 0.15) is 11.2 Å². The van der Waals surface area contributed by atoms with Gasteiger partial charge in [0, 0.05) is 50.8 Å². The fraction of sp³-hybridized carbons (Fsp3) is 0. The van der Waals surface area contributed by atoms with Gasteiger partial charge in [0.25, 0.3) is 0 Å². The van der Waals surface area contributed by atoms with Gasteiger partial charge in [0.05, 0.1) is 5.69 Å². The van der Waals surface area contributed by atoms with Crippen LogP contribution in [-0.4, -0.2) is 0 Å². The number of nitrogens with zero attached hydrogens (tertiary/aromatic N) is 2. The van der Waals surface area contributed by atoms with Crippen molar-refractivity contribution in [2.45, 2.75) is 0 Å². The van der Waals surface area contributed by atoms with Crippen molar-refractivity contribution in [1.82, 2.24) is 0 Å². The Morgan fingerprint density at radius 2 is 0.787 bits per heavy atom. The fourth-order valence-electron chi connectivity index (χ4n) is 9.45. The van der Waals surface area contributed by atoms with Gasteiger partial charge in [-0.05, 0) is 121 Å². The van der Waals surface area contributed by atoms with E-state index in [9.17, 15) is 0 Å². The monoisotopic (exact) mass is 778 g/mol. The van der Waals surface area contributed by atoms with E-state index in [1.165, 1.54) is 54.2 Å². The highest BCUT2D eigenvalue weighted by atomic mass is 16.3. The Morgan fingerprint density at radius 3 is 1.56 bits per heavy atom. The molecular formula is C58H38N2O. The zero-order chi connectivity index (χ0) is 40.3. The van der Waals surface area contributed by atoms with Gasteiger partial charge >= 0.3 is 0 Å². The second kappa shape index (κ2) is 14.3. The van der Waals surface area contributed by atoms with Gasteiger partial charge < -0.3 is 14.2 Å². The Hall–Kier alpha value is -8.14. The number of hydrogen-bond acceptors (Lipinski definition) is 3. The van der Waals surface area contributed by atoms with Gasteiger partial charge in [0.2, 0.25) is 0 Å². The van der Waals surface area contributed by atoms with Crippen LogP contribution in [0.1, 0.15) is 0 Å². The number of hydrogen-bond donors (Lipinski definition) is 0. The van der Waals surface area contributed by atoms with Crippen molar-refractivity contribution in [1.29, 1.82) is 0 Å². The normalized spacial score (nSPS) is 11.6. The van der Waals surface area contributed by atoms with E-state index < -0.39 is 0 Å². The van der Waals surface area contributed by atoms with Crippen LogP contribution in [0.25, 0.3) is 76.2 Å². The average molecular weight is 779 g/mol. The van der Waals surface area contributed by atoms with Crippen LogP contribution in [0.15, 0.2) is 235 Å². The van der Waals surface area contributed by atoms with Gasteiger partial charge in [-0.15, -0.1) is 0 Å². The van der Waals surface area contributed by atoms with E-state index in [-0.39, 0.29) is 0 Å². The van der Waals surface area contributed by atoms with Crippen LogP contribution in [0.3, 0.4) is 0 Å². The van der Waals surface area contributed by atoms with Crippen LogP contribution < -0.4 is 9.80 Å². The summed E-state index contributed by atoms with van der Waals surface area (Å²) in [6.45, 7) is 0. The molecule has 1 heterocycles. The van der Waals surface area contributed by atoms with Crippen LogP contribution in [0.2, 0.25) is 0 Å². The summed E-state index contributed by atoms with van der Waals surface area (Å²) in [6.07, 6.45) is 0. The smallest absolute Gasteiger partial charge is 0.137 e.